The summed E-state index contributed by atoms with van der Waals surface area (Å²) in [5.41, 5.74) is -1.85. The first kappa shape index (κ1) is 29.3. The number of carboxylic acids is 1. The Bertz CT molecular complexity index is 520. The quantitative estimate of drug-likeness (QED) is 0.135. The van der Waals surface area contributed by atoms with E-state index in [1.54, 1.807) is 0 Å². The van der Waals surface area contributed by atoms with Crippen molar-refractivity contribution in [2.24, 2.45) is 0 Å². The zero-order valence-electron chi connectivity index (χ0n) is 19.4. The lowest BCUT2D eigenvalue weighted by molar-refractivity contribution is -0.157. The Balaban J connectivity index is 4.37. The van der Waals surface area contributed by atoms with Gasteiger partial charge in [0, 0.05) is 0 Å². The maximum Gasteiger partial charge on any atom is 0.398 e. The number of unbranched alkanes of at least 4 members (excludes halogenated alkanes) is 15. The van der Waals surface area contributed by atoms with Crippen LogP contribution in [0.1, 0.15) is 136 Å². The Kier molecular flexibility index (Phi) is 17.6. The molecule has 0 bridgehead atoms. The van der Waals surface area contributed by atoms with E-state index in [1.807, 2.05) is 0 Å². The van der Waals surface area contributed by atoms with Crippen LogP contribution in [0.3, 0.4) is 0 Å². The van der Waals surface area contributed by atoms with Gasteiger partial charge in [0.2, 0.25) is 0 Å². The Hall–Kier alpha value is -0.660. The van der Waals surface area contributed by atoms with Crippen molar-refractivity contribution in [1.82, 2.24) is 0 Å². The molecule has 0 saturated heterocycles. The summed E-state index contributed by atoms with van der Waals surface area (Å²) >= 11 is 0. The van der Waals surface area contributed by atoms with E-state index in [0.717, 1.165) is 38.5 Å². The van der Waals surface area contributed by atoms with Crippen molar-refractivity contribution in [2.45, 2.75) is 141 Å². The molecule has 0 aromatic heterocycles. The summed E-state index contributed by atoms with van der Waals surface area (Å²) < 4.78 is 36.5. The molecule has 0 aromatic rings. The molecule has 0 aromatic carbocycles. The molecule has 180 valence electrons. The first-order valence-corrected chi connectivity index (χ1v) is 13.6. The van der Waals surface area contributed by atoms with Gasteiger partial charge in [0.1, 0.15) is 0 Å². The molecule has 0 aliphatic carbocycles. The van der Waals surface area contributed by atoms with Gasteiger partial charge >= 0.3 is 16.4 Å². The lowest BCUT2D eigenvalue weighted by Gasteiger charge is -2.27. The fraction of sp³-hybridized carbons (Fsp3) is 0.957. The van der Waals surface area contributed by atoms with Gasteiger partial charge < -0.3 is 5.11 Å². The van der Waals surface area contributed by atoms with Crippen molar-refractivity contribution in [3.8, 4) is 0 Å². The fourth-order valence-electron chi connectivity index (χ4n) is 3.93. The zero-order valence-corrected chi connectivity index (χ0v) is 20.2. The molecule has 0 fully saturated rings. The van der Waals surface area contributed by atoms with Crippen LogP contribution in [0.4, 0.5) is 0 Å². The van der Waals surface area contributed by atoms with Gasteiger partial charge in [-0.05, 0) is 25.7 Å². The van der Waals surface area contributed by atoms with E-state index in [0.29, 0.717) is 12.8 Å². The predicted molar refractivity (Wildman–Crippen MR) is 122 cm³/mol. The van der Waals surface area contributed by atoms with Gasteiger partial charge in [-0.3, -0.25) is 4.55 Å². The molecular formula is C23H46O6S. The maximum atomic E-state index is 11.9. The SMILES string of the molecule is CCCCCCCCCCCCC(CCCCCCCCC)(OS(=O)(=O)O)C(=O)O. The highest BCUT2D eigenvalue weighted by molar-refractivity contribution is 7.81. The largest absolute Gasteiger partial charge is 0.479 e. The van der Waals surface area contributed by atoms with Gasteiger partial charge in [0.15, 0.2) is 5.60 Å². The normalized spacial score (nSPS) is 14.0. The van der Waals surface area contributed by atoms with E-state index >= 15 is 0 Å². The second-order valence-corrected chi connectivity index (χ2v) is 9.64. The van der Waals surface area contributed by atoms with Crippen LogP contribution in [0, 0.1) is 0 Å². The van der Waals surface area contributed by atoms with E-state index in [-0.39, 0.29) is 12.8 Å². The highest BCUT2D eigenvalue weighted by Gasteiger charge is 2.42. The number of carboxylic acid groups (broad SMARTS) is 1. The molecule has 0 aliphatic heterocycles. The Labute approximate surface area is 185 Å². The van der Waals surface area contributed by atoms with Crippen molar-refractivity contribution in [2.75, 3.05) is 0 Å². The molecule has 0 saturated carbocycles. The van der Waals surface area contributed by atoms with E-state index in [9.17, 15) is 18.3 Å². The lowest BCUT2D eigenvalue weighted by Crippen LogP contribution is -2.43. The van der Waals surface area contributed by atoms with E-state index in [4.69, 9.17) is 8.74 Å². The smallest absolute Gasteiger partial charge is 0.398 e. The molecule has 7 heteroatoms. The second kappa shape index (κ2) is 18.0. The minimum absolute atomic E-state index is 0.104. The minimum Gasteiger partial charge on any atom is -0.479 e. The summed E-state index contributed by atoms with van der Waals surface area (Å²) in [6.07, 6.45) is 18.3. The minimum atomic E-state index is -4.82. The Morgan fingerprint density at radius 3 is 1.23 bits per heavy atom. The summed E-state index contributed by atoms with van der Waals surface area (Å²) in [5, 5.41) is 9.70. The highest BCUT2D eigenvalue weighted by atomic mass is 32.3. The summed E-state index contributed by atoms with van der Waals surface area (Å²) in [7, 11) is -4.82. The first-order valence-electron chi connectivity index (χ1n) is 12.2. The van der Waals surface area contributed by atoms with Crippen molar-refractivity contribution >= 4 is 16.4 Å². The highest BCUT2D eigenvalue weighted by Crippen LogP contribution is 2.29. The number of rotatable bonds is 22. The van der Waals surface area contributed by atoms with Crippen LogP contribution in [-0.2, 0) is 19.4 Å². The molecule has 0 spiro atoms. The van der Waals surface area contributed by atoms with Crippen molar-refractivity contribution in [3.05, 3.63) is 0 Å². The molecule has 1 unspecified atom stereocenters. The standard InChI is InChI=1S/C23H46O6S/c1-3-5-7-9-11-12-13-15-17-19-21-23(22(24)25,29-30(26,27)28)20-18-16-14-10-8-6-4-2/h3-21H2,1-2H3,(H,24,25)(H,26,27,28). The molecule has 0 radical (unpaired) electrons. The summed E-state index contributed by atoms with van der Waals surface area (Å²) in [6.45, 7) is 4.36. The van der Waals surface area contributed by atoms with E-state index in [2.05, 4.69) is 13.8 Å². The van der Waals surface area contributed by atoms with Gasteiger partial charge in [-0.1, -0.05) is 110 Å². The molecular weight excluding hydrogens is 404 g/mol. The molecule has 0 aliphatic rings. The number of hydrogen-bond donors (Lipinski definition) is 2. The molecule has 0 amide bonds. The lowest BCUT2D eigenvalue weighted by atomic mass is 9.89. The summed E-state index contributed by atoms with van der Waals surface area (Å²) in [5.74, 6) is -1.30. The molecule has 1 atom stereocenters. The summed E-state index contributed by atoms with van der Waals surface area (Å²) in [6, 6.07) is 0. The summed E-state index contributed by atoms with van der Waals surface area (Å²) in [4.78, 5) is 11.9. The van der Waals surface area contributed by atoms with Crippen LogP contribution in [0.2, 0.25) is 0 Å². The van der Waals surface area contributed by atoms with Crippen molar-refractivity contribution < 1.29 is 27.1 Å². The van der Waals surface area contributed by atoms with Gasteiger partial charge in [-0.15, -0.1) is 0 Å². The van der Waals surface area contributed by atoms with Crippen LogP contribution in [-0.4, -0.2) is 29.6 Å². The molecule has 0 rings (SSSR count). The molecule has 0 heterocycles. The van der Waals surface area contributed by atoms with E-state index < -0.39 is 22.0 Å². The number of aliphatic carboxylic acids is 1. The third-order valence-electron chi connectivity index (χ3n) is 5.77. The van der Waals surface area contributed by atoms with Crippen LogP contribution in [0.15, 0.2) is 0 Å². The van der Waals surface area contributed by atoms with Crippen molar-refractivity contribution in [1.29, 1.82) is 0 Å². The third kappa shape index (κ3) is 16.1. The molecule has 30 heavy (non-hydrogen) atoms. The zero-order chi connectivity index (χ0) is 22.7. The Morgan fingerprint density at radius 2 is 0.967 bits per heavy atom. The van der Waals surface area contributed by atoms with Gasteiger partial charge in [0.25, 0.3) is 0 Å². The third-order valence-corrected chi connectivity index (χ3v) is 6.30. The second-order valence-electron chi connectivity index (χ2n) is 8.61. The Morgan fingerprint density at radius 1 is 0.667 bits per heavy atom. The van der Waals surface area contributed by atoms with Crippen LogP contribution >= 0.6 is 0 Å². The average molecular weight is 451 g/mol. The maximum absolute atomic E-state index is 11.9. The van der Waals surface area contributed by atoms with Gasteiger partial charge in [-0.25, -0.2) is 8.98 Å². The monoisotopic (exact) mass is 450 g/mol. The van der Waals surface area contributed by atoms with E-state index in [1.165, 1.54) is 57.8 Å². The molecule has 6 nitrogen and oxygen atoms in total. The van der Waals surface area contributed by atoms with Gasteiger partial charge in [-0.2, -0.15) is 8.42 Å². The fourth-order valence-corrected chi connectivity index (χ4v) is 4.57. The van der Waals surface area contributed by atoms with Gasteiger partial charge in [0.05, 0.1) is 0 Å². The van der Waals surface area contributed by atoms with Crippen LogP contribution < -0.4 is 0 Å². The van der Waals surface area contributed by atoms with Crippen LogP contribution in [0.5, 0.6) is 0 Å². The average Bonchev–Trinajstić information content (AvgIpc) is 2.67. The number of hydrogen-bond acceptors (Lipinski definition) is 4. The topological polar surface area (TPSA) is 101 Å². The first-order chi connectivity index (χ1) is 14.3. The molecule has 2 N–H and O–H groups in total. The van der Waals surface area contributed by atoms with Crippen LogP contribution in [0.25, 0.3) is 0 Å². The predicted octanol–water partition coefficient (Wildman–Crippen LogP) is 7.08. The number of carbonyl (C=O) groups is 1. The van der Waals surface area contributed by atoms with Crippen molar-refractivity contribution in [3.63, 3.8) is 0 Å².